The van der Waals surface area contributed by atoms with Gasteiger partial charge in [0.25, 0.3) is 0 Å². The molecule has 0 saturated heterocycles. The predicted octanol–water partition coefficient (Wildman–Crippen LogP) is 1.85. The topological polar surface area (TPSA) is 48.8 Å². The van der Waals surface area contributed by atoms with E-state index in [1.165, 1.54) is 0 Å². The Bertz CT molecular complexity index is 339. The van der Waals surface area contributed by atoms with E-state index in [1.54, 1.807) is 37.8 Å². The zero-order valence-corrected chi connectivity index (χ0v) is 8.07. The van der Waals surface area contributed by atoms with Crippen molar-refractivity contribution in [2.24, 2.45) is 0 Å². The Labute approximate surface area is 83.7 Å². The van der Waals surface area contributed by atoms with Gasteiger partial charge in [-0.15, -0.1) is 0 Å². The fourth-order valence-electron chi connectivity index (χ4n) is 0.889. The van der Waals surface area contributed by atoms with Crippen LogP contribution in [0.5, 0.6) is 0 Å². The number of pyridine rings is 1. The number of hydrogen-bond acceptors (Lipinski definition) is 3. The molecule has 3 heteroatoms. The van der Waals surface area contributed by atoms with Crippen molar-refractivity contribution in [2.45, 2.75) is 0 Å². The highest BCUT2D eigenvalue weighted by Gasteiger charge is 1.85. The van der Waals surface area contributed by atoms with Crippen molar-refractivity contribution in [2.75, 3.05) is 7.05 Å². The van der Waals surface area contributed by atoms with E-state index in [2.05, 4.69) is 10.3 Å². The van der Waals surface area contributed by atoms with Gasteiger partial charge in [0.15, 0.2) is 0 Å². The summed E-state index contributed by atoms with van der Waals surface area (Å²) in [6, 6.07) is 3.81. The van der Waals surface area contributed by atoms with Crippen molar-refractivity contribution in [3.05, 3.63) is 48.4 Å². The number of nitrogens with one attached hydrogen (secondary N) is 2. The fourth-order valence-corrected chi connectivity index (χ4v) is 0.889. The number of hydrogen-bond donors (Lipinski definition) is 2. The highest BCUT2D eigenvalue weighted by molar-refractivity contribution is 6.04. The Morgan fingerprint density at radius 3 is 3.00 bits per heavy atom. The first-order chi connectivity index (χ1) is 6.83. The second-order valence-electron chi connectivity index (χ2n) is 2.70. The highest BCUT2D eigenvalue weighted by Crippen LogP contribution is 1.98. The maximum absolute atomic E-state index is 7.51. The number of nitrogens with zero attached hydrogens (tertiary/aromatic N) is 1. The van der Waals surface area contributed by atoms with Gasteiger partial charge in [0.1, 0.15) is 0 Å². The molecule has 0 aliphatic carbocycles. The van der Waals surface area contributed by atoms with Crippen molar-refractivity contribution in [1.82, 2.24) is 10.3 Å². The largest absolute Gasteiger partial charge is 0.394 e. The van der Waals surface area contributed by atoms with E-state index in [9.17, 15) is 0 Å². The molecule has 1 rings (SSSR count). The molecule has 0 fully saturated rings. The molecule has 0 aliphatic rings. The SMILES string of the molecule is CN/C=C\C(=N)/C=C/c1cccnc1. The van der Waals surface area contributed by atoms with E-state index in [0.29, 0.717) is 5.71 Å². The molecular weight excluding hydrogens is 174 g/mol. The Kier molecular flexibility index (Phi) is 4.14. The number of allylic oxidation sites excluding steroid dienone is 2. The summed E-state index contributed by atoms with van der Waals surface area (Å²) in [5, 5.41) is 10.3. The summed E-state index contributed by atoms with van der Waals surface area (Å²) in [7, 11) is 1.80. The van der Waals surface area contributed by atoms with E-state index in [1.807, 2.05) is 18.2 Å². The van der Waals surface area contributed by atoms with Crippen molar-refractivity contribution >= 4 is 11.8 Å². The maximum Gasteiger partial charge on any atom is 0.0554 e. The van der Waals surface area contributed by atoms with E-state index in [-0.39, 0.29) is 0 Å². The summed E-state index contributed by atoms with van der Waals surface area (Å²) in [6.45, 7) is 0. The van der Waals surface area contributed by atoms with E-state index < -0.39 is 0 Å². The van der Waals surface area contributed by atoms with Gasteiger partial charge in [-0.3, -0.25) is 4.98 Å². The molecule has 0 atom stereocenters. The lowest BCUT2D eigenvalue weighted by Gasteiger charge is -1.90. The highest BCUT2D eigenvalue weighted by atomic mass is 14.8. The summed E-state index contributed by atoms with van der Waals surface area (Å²) < 4.78 is 0. The van der Waals surface area contributed by atoms with Gasteiger partial charge in [0.2, 0.25) is 0 Å². The molecule has 1 aromatic heterocycles. The molecule has 0 aliphatic heterocycles. The molecular formula is C11H13N3. The van der Waals surface area contributed by atoms with Crippen molar-refractivity contribution in [3.8, 4) is 0 Å². The van der Waals surface area contributed by atoms with Crippen molar-refractivity contribution < 1.29 is 0 Å². The molecule has 0 unspecified atom stereocenters. The van der Waals surface area contributed by atoms with Crippen LogP contribution >= 0.6 is 0 Å². The molecule has 1 heterocycles. The molecule has 0 spiro atoms. The first-order valence-corrected chi connectivity index (χ1v) is 4.33. The van der Waals surface area contributed by atoms with Crippen LogP contribution in [-0.2, 0) is 0 Å². The molecule has 72 valence electrons. The lowest BCUT2D eigenvalue weighted by atomic mass is 10.2. The Morgan fingerprint density at radius 1 is 1.50 bits per heavy atom. The molecule has 0 bridgehead atoms. The van der Waals surface area contributed by atoms with Crippen LogP contribution in [0.25, 0.3) is 6.08 Å². The van der Waals surface area contributed by atoms with Crippen LogP contribution in [0.15, 0.2) is 42.9 Å². The van der Waals surface area contributed by atoms with Crippen LogP contribution in [0.4, 0.5) is 0 Å². The van der Waals surface area contributed by atoms with E-state index >= 15 is 0 Å². The van der Waals surface area contributed by atoms with Crippen molar-refractivity contribution in [3.63, 3.8) is 0 Å². The zero-order chi connectivity index (χ0) is 10.2. The fraction of sp³-hybridized carbons (Fsp3) is 0.0909. The Hall–Kier alpha value is -1.90. The second-order valence-corrected chi connectivity index (χ2v) is 2.70. The number of rotatable bonds is 4. The Balaban J connectivity index is 2.56. The third kappa shape index (κ3) is 3.67. The summed E-state index contributed by atoms with van der Waals surface area (Å²) in [6.07, 6.45) is 10.5. The first-order valence-electron chi connectivity index (χ1n) is 4.33. The van der Waals surface area contributed by atoms with Crippen LogP contribution in [0.1, 0.15) is 5.56 Å². The van der Waals surface area contributed by atoms with Gasteiger partial charge in [-0.1, -0.05) is 12.1 Å². The van der Waals surface area contributed by atoms with Gasteiger partial charge in [-0.2, -0.15) is 0 Å². The lowest BCUT2D eigenvalue weighted by Crippen LogP contribution is -1.94. The molecule has 1 aromatic rings. The lowest BCUT2D eigenvalue weighted by molar-refractivity contribution is 1.10. The summed E-state index contributed by atoms with van der Waals surface area (Å²) in [5.41, 5.74) is 1.44. The Morgan fingerprint density at radius 2 is 2.36 bits per heavy atom. The second kappa shape index (κ2) is 5.70. The van der Waals surface area contributed by atoms with E-state index in [0.717, 1.165) is 5.56 Å². The van der Waals surface area contributed by atoms with Gasteiger partial charge in [-0.25, -0.2) is 0 Å². The van der Waals surface area contributed by atoms with E-state index in [4.69, 9.17) is 5.41 Å². The van der Waals surface area contributed by atoms with Crippen molar-refractivity contribution in [1.29, 1.82) is 5.41 Å². The number of aromatic nitrogens is 1. The third-order valence-electron chi connectivity index (χ3n) is 1.57. The van der Waals surface area contributed by atoms with Crippen LogP contribution in [0.2, 0.25) is 0 Å². The normalized spacial score (nSPS) is 10.9. The minimum atomic E-state index is 0.447. The summed E-state index contributed by atoms with van der Waals surface area (Å²) in [4.78, 5) is 3.97. The molecule has 14 heavy (non-hydrogen) atoms. The van der Waals surface area contributed by atoms with Crippen LogP contribution in [-0.4, -0.2) is 17.7 Å². The monoisotopic (exact) mass is 187 g/mol. The maximum atomic E-state index is 7.51. The minimum Gasteiger partial charge on any atom is -0.394 e. The summed E-state index contributed by atoms with van der Waals surface area (Å²) in [5.74, 6) is 0. The van der Waals surface area contributed by atoms with Gasteiger partial charge < -0.3 is 10.7 Å². The smallest absolute Gasteiger partial charge is 0.0554 e. The van der Waals surface area contributed by atoms with Gasteiger partial charge >= 0.3 is 0 Å². The average molecular weight is 187 g/mol. The standard InChI is InChI=1S/C11H13N3/c1-13-8-6-11(12)5-4-10-3-2-7-14-9-10/h2-9,12-13H,1H3/b5-4+,8-6-,12-11?. The van der Waals surface area contributed by atoms with Crippen LogP contribution < -0.4 is 5.32 Å². The van der Waals surface area contributed by atoms with Gasteiger partial charge in [0, 0.05) is 19.4 Å². The quantitative estimate of drug-likeness (QED) is 0.707. The zero-order valence-electron chi connectivity index (χ0n) is 8.07. The summed E-state index contributed by atoms with van der Waals surface area (Å²) >= 11 is 0. The average Bonchev–Trinajstić information content (AvgIpc) is 2.25. The molecule has 0 amide bonds. The molecule has 0 aromatic carbocycles. The molecule has 0 radical (unpaired) electrons. The van der Waals surface area contributed by atoms with Gasteiger partial charge in [0.05, 0.1) is 5.71 Å². The third-order valence-corrected chi connectivity index (χ3v) is 1.57. The molecule has 3 nitrogen and oxygen atoms in total. The minimum absolute atomic E-state index is 0.447. The van der Waals surface area contributed by atoms with Crippen LogP contribution in [0, 0.1) is 5.41 Å². The van der Waals surface area contributed by atoms with Crippen LogP contribution in [0.3, 0.4) is 0 Å². The first kappa shape index (κ1) is 10.2. The molecule has 0 saturated carbocycles. The molecule has 2 N–H and O–H groups in total. The predicted molar refractivity (Wildman–Crippen MR) is 59.2 cm³/mol. The van der Waals surface area contributed by atoms with Gasteiger partial charge in [-0.05, 0) is 30.0 Å².